The smallest absolute Gasteiger partial charge is 0.285 e. The van der Waals surface area contributed by atoms with Crippen molar-refractivity contribution < 1.29 is 0 Å². The number of aromatic nitrogens is 2. The molecule has 6 heteroatoms. The van der Waals surface area contributed by atoms with E-state index in [0.717, 1.165) is 25.6 Å². The van der Waals surface area contributed by atoms with Gasteiger partial charge in [-0.3, -0.25) is 9.69 Å². The molecule has 0 spiro atoms. The van der Waals surface area contributed by atoms with E-state index in [1.807, 2.05) is 0 Å². The molecule has 0 bridgehead atoms. The van der Waals surface area contributed by atoms with Crippen LogP contribution in [0.5, 0.6) is 0 Å². The molecule has 2 atom stereocenters. The number of hydrogen-bond acceptors (Lipinski definition) is 4. The Hall–Kier alpha value is -1.07. The molecule has 2 unspecified atom stereocenters. The zero-order chi connectivity index (χ0) is 13.8. The number of anilines is 1. The Morgan fingerprint density at radius 2 is 2.47 bits per heavy atom. The van der Waals surface area contributed by atoms with Crippen LogP contribution in [-0.2, 0) is 0 Å². The maximum Gasteiger partial charge on any atom is 0.285 e. The number of rotatable bonds is 4. The Morgan fingerprint density at radius 1 is 1.68 bits per heavy atom. The molecule has 19 heavy (non-hydrogen) atoms. The van der Waals surface area contributed by atoms with Gasteiger partial charge in [-0.1, -0.05) is 18.5 Å². The maximum absolute atomic E-state index is 11.3. The molecule has 1 saturated heterocycles. The molecule has 0 radical (unpaired) electrons. The highest BCUT2D eigenvalue weighted by Gasteiger charge is 2.20. The number of aromatic amines is 1. The highest BCUT2D eigenvalue weighted by molar-refractivity contribution is 6.32. The maximum atomic E-state index is 11.3. The molecule has 1 aromatic rings. The van der Waals surface area contributed by atoms with Crippen molar-refractivity contribution in [2.24, 2.45) is 5.92 Å². The number of nitrogens with zero attached hydrogens (tertiary/aromatic N) is 2. The van der Waals surface area contributed by atoms with Gasteiger partial charge in [-0.05, 0) is 32.2 Å². The fourth-order valence-corrected chi connectivity index (χ4v) is 2.68. The number of nitrogens with one attached hydrogen (secondary N) is 2. The minimum absolute atomic E-state index is 0.175. The second-order valence-corrected chi connectivity index (χ2v) is 5.78. The first-order valence-electron chi connectivity index (χ1n) is 6.79. The molecular formula is C13H21ClN4O. The van der Waals surface area contributed by atoms with Crippen LogP contribution in [0.2, 0.25) is 5.02 Å². The van der Waals surface area contributed by atoms with E-state index in [1.54, 1.807) is 6.20 Å². The molecule has 2 rings (SSSR count). The van der Waals surface area contributed by atoms with E-state index < -0.39 is 0 Å². The number of likely N-dealkylation sites (tertiary alicyclic amines) is 1. The first kappa shape index (κ1) is 14.3. The summed E-state index contributed by atoms with van der Waals surface area (Å²) in [6.45, 7) is 7.54. The molecule has 106 valence electrons. The molecule has 0 saturated carbocycles. The van der Waals surface area contributed by atoms with Crippen LogP contribution >= 0.6 is 11.6 Å². The lowest BCUT2D eigenvalue weighted by Gasteiger charge is -2.35. The Labute approximate surface area is 118 Å². The van der Waals surface area contributed by atoms with Crippen LogP contribution in [-0.4, -0.2) is 40.8 Å². The molecule has 1 aromatic heterocycles. The molecular weight excluding hydrogens is 264 g/mol. The Kier molecular flexibility index (Phi) is 4.82. The van der Waals surface area contributed by atoms with Gasteiger partial charge >= 0.3 is 0 Å². The van der Waals surface area contributed by atoms with Gasteiger partial charge in [-0.25, -0.2) is 5.10 Å². The third-order valence-corrected chi connectivity index (χ3v) is 4.07. The van der Waals surface area contributed by atoms with Gasteiger partial charge in [-0.2, -0.15) is 5.10 Å². The fourth-order valence-electron chi connectivity index (χ4n) is 2.52. The highest BCUT2D eigenvalue weighted by atomic mass is 35.5. The van der Waals surface area contributed by atoms with Crippen LogP contribution < -0.4 is 10.9 Å². The van der Waals surface area contributed by atoms with Crippen molar-refractivity contribution in [3.05, 3.63) is 21.6 Å². The second kappa shape index (κ2) is 6.39. The van der Waals surface area contributed by atoms with Crippen molar-refractivity contribution in [1.29, 1.82) is 0 Å². The Bertz CT molecular complexity index is 476. The molecule has 0 aromatic carbocycles. The summed E-state index contributed by atoms with van der Waals surface area (Å²) in [7, 11) is 0. The van der Waals surface area contributed by atoms with E-state index in [4.69, 9.17) is 11.6 Å². The molecule has 2 heterocycles. The van der Waals surface area contributed by atoms with E-state index >= 15 is 0 Å². The standard InChI is InChI=1S/C13H21ClN4O/c1-9-4-3-5-18(8-9)10(2)6-15-11-7-16-17-13(19)12(11)14/h7,9-10H,3-6,8H2,1-2H3,(H2,15,17,19). The monoisotopic (exact) mass is 284 g/mol. The van der Waals surface area contributed by atoms with Crippen LogP contribution in [0.1, 0.15) is 26.7 Å². The highest BCUT2D eigenvalue weighted by Crippen LogP contribution is 2.19. The summed E-state index contributed by atoms with van der Waals surface area (Å²) in [5, 5.41) is 9.44. The quantitative estimate of drug-likeness (QED) is 0.887. The lowest BCUT2D eigenvalue weighted by Crippen LogP contribution is -2.43. The van der Waals surface area contributed by atoms with Crippen LogP contribution in [0.4, 0.5) is 5.69 Å². The van der Waals surface area contributed by atoms with E-state index in [2.05, 4.69) is 34.3 Å². The minimum atomic E-state index is -0.356. The van der Waals surface area contributed by atoms with E-state index in [1.165, 1.54) is 12.8 Å². The summed E-state index contributed by atoms with van der Waals surface area (Å²) in [5.74, 6) is 0.765. The zero-order valence-corrected chi connectivity index (χ0v) is 12.2. The second-order valence-electron chi connectivity index (χ2n) is 5.40. The van der Waals surface area contributed by atoms with Gasteiger partial charge in [0, 0.05) is 19.1 Å². The number of H-pyrrole nitrogens is 1. The van der Waals surface area contributed by atoms with E-state index in [9.17, 15) is 4.79 Å². The summed E-state index contributed by atoms with van der Waals surface area (Å²) in [6.07, 6.45) is 4.13. The van der Waals surface area contributed by atoms with Gasteiger partial charge < -0.3 is 5.32 Å². The van der Waals surface area contributed by atoms with Crippen molar-refractivity contribution in [1.82, 2.24) is 15.1 Å². The van der Waals surface area contributed by atoms with Crippen molar-refractivity contribution in [2.45, 2.75) is 32.7 Å². The number of piperidine rings is 1. The molecule has 1 fully saturated rings. The van der Waals surface area contributed by atoms with Crippen molar-refractivity contribution in [3.8, 4) is 0 Å². The predicted molar refractivity (Wildman–Crippen MR) is 77.8 cm³/mol. The third kappa shape index (κ3) is 3.70. The van der Waals surface area contributed by atoms with Gasteiger partial charge in [0.25, 0.3) is 5.56 Å². The molecule has 2 N–H and O–H groups in total. The average molecular weight is 285 g/mol. The summed E-state index contributed by atoms with van der Waals surface area (Å²) in [5.41, 5.74) is 0.244. The van der Waals surface area contributed by atoms with Gasteiger partial charge in [0.15, 0.2) is 0 Å². The zero-order valence-electron chi connectivity index (χ0n) is 11.4. The van der Waals surface area contributed by atoms with Crippen LogP contribution in [0, 0.1) is 5.92 Å². The van der Waals surface area contributed by atoms with Gasteiger partial charge in [-0.15, -0.1) is 0 Å². The number of halogens is 1. The minimum Gasteiger partial charge on any atom is -0.381 e. The molecule has 1 aliphatic rings. The first-order valence-corrected chi connectivity index (χ1v) is 7.17. The largest absolute Gasteiger partial charge is 0.381 e. The van der Waals surface area contributed by atoms with Crippen molar-refractivity contribution >= 4 is 17.3 Å². The lowest BCUT2D eigenvalue weighted by atomic mass is 9.99. The molecule has 1 aliphatic heterocycles. The molecule has 5 nitrogen and oxygen atoms in total. The Balaban J connectivity index is 1.91. The van der Waals surface area contributed by atoms with Gasteiger partial charge in [0.2, 0.25) is 0 Å². The SMILES string of the molecule is CC1CCCN(C(C)CNc2cn[nH]c(=O)c2Cl)C1. The van der Waals surface area contributed by atoms with Crippen molar-refractivity contribution in [3.63, 3.8) is 0 Å². The van der Waals surface area contributed by atoms with E-state index in [0.29, 0.717) is 11.7 Å². The molecule has 0 amide bonds. The van der Waals surface area contributed by atoms with Crippen LogP contribution in [0.15, 0.2) is 11.0 Å². The van der Waals surface area contributed by atoms with Crippen LogP contribution in [0.25, 0.3) is 0 Å². The summed E-state index contributed by atoms with van der Waals surface area (Å²) < 4.78 is 0. The van der Waals surface area contributed by atoms with Gasteiger partial charge in [0.1, 0.15) is 5.02 Å². The Morgan fingerprint density at radius 3 is 3.21 bits per heavy atom. The van der Waals surface area contributed by atoms with Gasteiger partial charge in [0.05, 0.1) is 11.9 Å². The molecule has 0 aliphatic carbocycles. The normalized spacial score (nSPS) is 22.2. The van der Waals surface area contributed by atoms with Crippen LogP contribution in [0.3, 0.4) is 0 Å². The number of hydrogen-bond donors (Lipinski definition) is 2. The van der Waals surface area contributed by atoms with Crippen molar-refractivity contribution in [2.75, 3.05) is 25.0 Å². The first-order chi connectivity index (χ1) is 9.08. The lowest BCUT2D eigenvalue weighted by molar-refractivity contribution is 0.144. The fraction of sp³-hybridized carbons (Fsp3) is 0.692. The summed E-state index contributed by atoms with van der Waals surface area (Å²) in [6, 6.07) is 0.415. The summed E-state index contributed by atoms with van der Waals surface area (Å²) >= 11 is 5.93. The predicted octanol–water partition coefficient (Wildman–Crippen LogP) is 1.96. The third-order valence-electron chi connectivity index (χ3n) is 3.70. The average Bonchev–Trinajstić information content (AvgIpc) is 2.40. The topological polar surface area (TPSA) is 61.0 Å². The summed E-state index contributed by atoms with van der Waals surface area (Å²) in [4.78, 5) is 13.8. The van der Waals surface area contributed by atoms with E-state index in [-0.39, 0.29) is 10.6 Å².